The van der Waals surface area contributed by atoms with Crippen molar-refractivity contribution in [3.63, 3.8) is 0 Å². The zero-order valence-corrected chi connectivity index (χ0v) is 13.8. The molecule has 0 bridgehead atoms. The predicted molar refractivity (Wildman–Crippen MR) is 85.9 cm³/mol. The van der Waals surface area contributed by atoms with E-state index < -0.39 is 10.0 Å². The zero-order chi connectivity index (χ0) is 15.3. The van der Waals surface area contributed by atoms with Crippen molar-refractivity contribution in [3.05, 3.63) is 29.8 Å². The van der Waals surface area contributed by atoms with Crippen LogP contribution in [0.25, 0.3) is 0 Å². The Hall–Kier alpha value is -0.910. The Morgan fingerprint density at radius 2 is 1.95 bits per heavy atom. The highest BCUT2D eigenvalue weighted by atomic mass is 32.2. The van der Waals surface area contributed by atoms with Gasteiger partial charge >= 0.3 is 0 Å². The molecule has 1 aromatic carbocycles. The molecule has 0 amide bonds. The summed E-state index contributed by atoms with van der Waals surface area (Å²) >= 11 is 0. The molecule has 1 N–H and O–H groups in total. The van der Waals surface area contributed by atoms with Crippen LogP contribution in [0, 0.1) is 0 Å². The van der Waals surface area contributed by atoms with Crippen molar-refractivity contribution >= 4 is 10.0 Å². The second kappa shape index (κ2) is 7.38. The number of nitrogens with one attached hydrogen (secondary N) is 1. The molecule has 0 atom stereocenters. The van der Waals surface area contributed by atoms with E-state index in [0.717, 1.165) is 44.3 Å². The van der Waals surface area contributed by atoms with Crippen molar-refractivity contribution in [3.8, 4) is 0 Å². The maximum atomic E-state index is 13.0. The highest BCUT2D eigenvalue weighted by Crippen LogP contribution is 2.23. The van der Waals surface area contributed by atoms with Gasteiger partial charge in [-0.3, -0.25) is 0 Å². The third kappa shape index (κ3) is 3.84. The maximum Gasteiger partial charge on any atom is 0.243 e. The molecule has 1 aliphatic heterocycles. The van der Waals surface area contributed by atoms with Gasteiger partial charge in [-0.1, -0.05) is 26.0 Å². The lowest BCUT2D eigenvalue weighted by molar-refractivity contribution is 0.262. The van der Waals surface area contributed by atoms with E-state index in [4.69, 9.17) is 0 Å². The van der Waals surface area contributed by atoms with Gasteiger partial charge in [0.2, 0.25) is 10.0 Å². The number of hydrogen-bond acceptors (Lipinski definition) is 3. The number of benzene rings is 1. The summed E-state index contributed by atoms with van der Waals surface area (Å²) < 4.78 is 27.7. The lowest BCUT2D eigenvalue weighted by Gasteiger charge is -2.33. The first-order valence-corrected chi connectivity index (χ1v) is 9.35. The number of rotatable bonds is 6. The van der Waals surface area contributed by atoms with E-state index in [1.54, 1.807) is 10.4 Å². The molecule has 2 rings (SSSR count). The average Bonchev–Trinajstić information content (AvgIpc) is 2.53. The van der Waals surface area contributed by atoms with E-state index in [-0.39, 0.29) is 6.04 Å². The summed E-state index contributed by atoms with van der Waals surface area (Å²) in [5, 5.41) is 3.30. The SMILES string of the molecule is CCCN(C1CCNCC1)S(=O)(=O)c1cccc(CC)c1. The van der Waals surface area contributed by atoms with E-state index in [2.05, 4.69) is 5.32 Å². The molecular weight excluding hydrogens is 284 g/mol. The Labute approximate surface area is 128 Å². The first kappa shape index (κ1) is 16.5. The topological polar surface area (TPSA) is 49.4 Å². The summed E-state index contributed by atoms with van der Waals surface area (Å²) in [5.74, 6) is 0. The standard InChI is InChI=1S/C16H26N2O2S/c1-3-12-18(15-8-10-17-11-9-15)21(19,20)16-7-5-6-14(4-2)13-16/h5-7,13,15,17H,3-4,8-12H2,1-2H3. The van der Waals surface area contributed by atoms with Crippen molar-refractivity contribution in [1.29, 1.82) is 0 Å². The molecule has 0 spiro atoms. The third-order valence-corrected chi connectivity index (χ3v) is 6.02. The molecule has 1 fully saturated rings. The summed E-state index contributed by atoms with van der Waals surface area (Å²) in [4.78, 5) is 0.439. The minimum Gasteiger partial charge on any atom is -0.317 e. The lowest BCUT2D eigenvalue weighted by Crippen LogP contribution is -2.46. The number of nitrogens with zero attached hydrogens (tertiary/aromatic N) is 1. The van der Waals surface area contributed by atoms with Gasteiger partial charge < -0.3 is 5.32 Å². The minimum absolute atomic E-state index is 0.126. The fourth-order valence-electron chi connectivity index (χ4n) is 2.88. The van der Waals surface area contributed by atoms with Crippen LogP contribution in [-0.2, 0) is 16.4 Å². The van der Waals surface area contributed by atoms with Crippen LogP contribution < -0.4 is 5.32 Å². The van der Waals surface area contributed by atoms with Crippen LogP contribution in [0.3, 0.4) is 0 Å². The van der Waals surface area contributed by atoms with E-state index in [0.29, 0.717) is 11.4 Å². The van der Waals surface area contributed by atoms with Gasteiger partial charge in [0.25, 0.3) is 0 Å². The molecule has 5 heteroatoms. The van der Waals surface area contributed by atoms with Gasteiger partial charge in [-0.15, -0.1) is 0 Å². The molecule has 21 heavy (non-hydrogen) atoms. The van der Waals surface area contributed by atoms with Crippen LogP contribution in [0.2, 0.25) is 0 Å². The Morgan fingerprint density at radius 3 is 2.57 bits per heavy atom. The second-order valence-corrected chi connectivity index (χ2v) is 7.49. The van der Waals surface area contributed by atoms with E-state index in [9.17, 15) is 8.42 Å². The molecule has 1 aromatic rings. The van der Waals surface area contributed by atoms with Crippen LogP contribution >= 0.6 is 0 Å². The Morgan fingerprint density at radius 1 is 1.24 bits per heavy atom. The largest absolute Gasteiger partial charge is 0.317 e. The fourth-order valence-corrected chi connectivity index (χ4v) is 4.72. The minimum atomic E-state index is -3.39. The fraction of sp³-hybridized carbons (Fsp3) is 0.625. The molecular formula is C16H26N2O2S. The summed E-state index contributed by atoms with van der Waals surface area (Å²) in [5.41, 5.74) is 1.07. The predicted octanol–water partition coefficient (Wildman–Crippen LogP) is 2.40. The van der Waals surface area contributed by atoms with Gasteiger partial charge in [-0.25, -0.2) is 8.42 Å². The van der Waals surface area contributed by atoms with Crippen molar-refractivity contribution in [2.24, 2.45) is 0 Å². The summed E-state index contributed by atoms with van der Waals surface area (Å²) in [6.45, 7) is 6.47. The van der Waals surface area contributed by atoms with Gasteiger partial charge in [0.05, 0.1) is 4.90 Å². The number of piperidine rings is 1. The van der Waals surface area contributed by atoms with Crippen LogP contribution in [0.1, 0.15) is 38.7 Å². The Bertz CT molecular complexity index is 551. The third-order valence-electron chi connectivity index (χ3n) is 4.07. The second-order valence-electron chi connectivity index (χ2n) is 5.60. The molecule has 0 radical (unpaired) electrons. The van der Waals surface area contributed by atoms with Crippen molar-refractivity contribution in [2.75, 3.05) is 19.6 Å². The number of sulfonamides is 1. The molecule has 1 heterocycles. The first-order valence-electron chi connectivity index (χ1n) is 7.91. The first-order chi connectivity index (χ1) is 10.1. The van der Waals surface area contributed by atoms with Gasteiger partial charge in [-0.05, 0) is 56.5 Å². The zero-order valence-electron chi connectivity index (χ0n) is 13.0. The average molecular weight is 310 g/mol. The number of hydrogen-bond donors (Lipinski definition) is 1. The van der Waals surface area contributed by atoms with Gasteiger partial charge in [0.1, 0.15) is 0 Å². The molecule has 0 unspecified atom stereocenters. The normalized spacial score (nSPS) is 17.3. The van der Waals surface area contributed by atoms with Crippen LogP contribution in [0.5, 0.6) is 0 Å². The highest BCUT2D eigenvalue weighted by molar-refractivity contribution is 7.89. The van der Waals surface area contributed by atoms with Gasteiger partial charge in [0, 0.05) is 12.6 Å². The maximum absolute atomic E-state index is 13.0. The van der Waals surface area contributed by atoms with Crippen LogP contribution in [-0.4, -0.2) is 38.4 Å². The quantitative estimate of drug-likeness (QED) is 0.878. The molecule has 4 nitrogen and oxygen atoms in total. The monoisotopic (exact) mass is 310 g/mol. The highest BCUT2D eigenvalue weighted by Gasteiger charge is 2.31. The van der Waals surface area contributed by atoms with E-state index >= 15 is 0 Å². The Kier molecular flexibility index (Phi) is 5.79. The molecule has 0 aliphatic carbocycles. The molecule has 1 aliphatic rings. The van der Waals surface area contributed by atoms with E-state index in [1.807, 2.05) is 32.0 Å². The molecule has 0 aromatic heterocycles. The summed E-state index contributed by atoms with van der Waals surface area (Å²) in [6, 6.07) is 7.49. The lowest BCUT2D eigenvalue weighted by atomic mass is 10.1. The molecule has 118 valence electrons. The molecule has 0 saturated carbocycles. The van der Waals surface area contributed by atoms with Crippen LogP contribution in [0.4, 0.5) is 0 Å². The van der Waals surface area contributed by atoms with Gasteiger partial charge in [0.15, 0.2) is 0 Å². The van der Waals surface area contributed by atoms with E-state index in [1.165, 1.54) is 0 Å². The smallest absolute Gasteiger partial charge is 0.243 e. The van der Waals surface area contributed by atoms with Crippen molar-refractivity contribution in [2.45, 2.75) is 50.5 Å². The summed E-state index contributed by atoms with van der Waals surface area (Å²) in [6.07, 6.45) is 3.49. The molecule has 1 saturated heterocycles. The van der Waals surface area contributed by atoms with Crippen molar-refractivity contribution < 1.29 is 8.42 Å². The van der Waals surface area contributed by atoms with Crippen molar-refractivity contribution in [1.82, 2.24) is 9.62 Å². The number of aryl methyl sites for hydroxylation is 1. The van der Waals surface area contributed by atoms with Gasteiger partial charge in [-0.2, -0.15) is 4.31 Å². The Balaban J connectivity index is 2.31. The van der Waals surface area contributed by atoms with Crippen LogP contribution in [0.15, 0.2) is 29.2 Å². The summed E-state index contributed by atoms with van der Waals surface area (Å²) in [7, 11) is -3.39.